The Hall–Kier alpha value is -1.19. The summed E-state index contributed by atoms with van der Waals surface area (Å²) in [5.41, 5.74) is 3.63. The first-order valence-corrected chi connectivity index (χ1v) is 9.49. The van der Waals surface area contributed by atoms with Gasteiger partial charge in [-0.15, -0.1) is 35.3 Å². The van der Waals surface area contributed by atoms with E-state index in [0.29, 0.717) is 6.54 Å². The molecule has 1 aromatic carbocycles. The van der Waals surface area contributed by atoms with Gasteiger partial charge in [0.15, 0.2) is 5.96 Å². The largest absolute Gasteiger partial charge is 0.357 e. The minimum absolute atomic E-state index is 0. The first-order valence-electron chi connectivity index (χ1n) is 8.61. The number of rotatable bonds is 7. The third-order valence-electron chi connectivity index (χ3n) is 3.70. The lowest BCUT2D eigenvalue weighted by molar-refractivity contribution is 0.402. The van der Waals surface area contributed by atoms with Crippen LogP contribution in [-0.2, 0) is 19.6 Å². The number of hydrogen-bond donors (Lipinski definition) is 1. The molecule has 2 aromatic rings. The molecule has 0 saturated heterocycles. The summed E-state index contributed by atoms with van der Waals surface area (Å²) >= 11 is 1.69. The molecule has 0 amide bonds. The van der Waals surface area contributed by atoms with Crippen LogP contribution < -0.4 is 5.32 Å². The fourth-order valence-electron chi connectivity index (χ4n) is 2.55. The molecule has 1 N–H and O–H groups in total. The topological polar surface area (TPSA) is 43.8 Å². The van der Waals surface area contributed by atoms with E-state index in [1.165, 1.54) is 11.1 Å². The van der Waals surface area contributed by atoms with Crippen LogP contribution in [-0.4, -0.2) is 48.4 Å². The van der Waals surface area contributed by atoms with E-state index < -0.39 is 0 Å². The van der Waals surface area contributed by atoms with Crippen LogP contribution in [0.4, 0.5) is 0 Å². The van der Waals surface area contributed by atoms with Crippen molar-refractivity contribution >= 4 is 41.3 Å². The quantitative estimate of drug-likeness (QED) is 0.367. The van der Waals surface area contributed by atoms with Gasteiger partial charge in [-0.1, -0.05) is 24.3 Å². The standard InChI is InChI=1S/C19H29N5S.HI/c1-6-20-19(24(5)13-18-14-25-15(2)22-18)21-11-16-7-9-17(10-8-16)12-23(3)4;/h7-10,14H,6,11-13H2,1-5H3,(H,20,21);1H. The highest BCUT2D eigenvalue weighted by Gasteiger charge is 2.08. The van der Waals surface area contributed by atoms with E-state index in [1.807, 2.05) is 6.92 Å². The molecule has 0 spiro atoms. The molecule has 0 bridgehead atoms. The fourth-order valence-corrected chi connectivity index (χ4v) is 3.15. The first kappa shape index (κ1) is 22.9. The van der Waals surface area contributed by atoms with Gasteiger partial charge in [0.1, 0.15) is 0 Å². The molecule has 0 aliphatic carbocycles. The molecule has 0 unspecified atom stereocenters. The molecule has 0 aliphatic heterocycles. The predicted octanol–water partition coefficient (Wildman–Crippen LogP) is 3.73. The van der Waals surface area contributed by atoms with E-state index in [9.17, 15) is 0 Å². The molecule has 7 heteroatoms. The monoisotopic (exact) mass is 487 g/mol. The Morgan fingerprint density at radius 2 is 1.77 bits per heavy atom. The molecular formula is C19H30IN5S. The van der Waals surface area contributed by atoms with Crippen molar-refractivity contribution in [3.63, 3.8) is 0 Å². The van der Waals surface area contributed by atoms with E-state index in [0.717, 1.165) is 36.3 Å². The highest BCUT2D eigenvalue weighted by Crippen LogP contribution is 2.11. The van der Waals surface area contributed by atoms with Crippen LogP contribution in [0.15, 0.2) is 34.6 Å². The molecule has 0 fully saturated rings. The molecule has 26 heavy (non-hydrogen) atoms. The number of aromatic nitrogens is 1. The maximum atomic E-state index is 4.77. The summed E-state index contributed by atoms with van der Waals surface area (Å²) in [6.07, 6.45) is 0. The smallest absolute Gasteiger partial charge is 0.194 e. The molecular weight excluding hydrogens is 457 g/mol. The number of thiazole rings is 1. The molecule has 1 heterocycles. The van der Waals surface area contributed by atoms with Crippen LogP contribution in [0, 0.1) is 6.92 Å². The molecule has 0 saturated carbocycles. The van der Waals surface area contributed by atoms with Gasteiger partial charge in [-0.05, 0) is 39.1 Å². The number of guanidine groups is 1. The normalized spacial score (nSPS) is 11.4. The van der Waals surface area contributed by atoms with Crippen molar-refractivity contribution < 1.29 is 0 Å². The second kappa shape index (κ2) is 11.5. The number of nitrogens with zero attached hydrogens (tertiary/aromatic N) is 4. The Kier molecular flexibility index (Phi) is 10.1. The highest BCUT2D eigenvalue weighted by atomic mass is 127. The van der Waals surface area contributed by atoms with Crippen molar-refractivity contribution in [2.75, 3.05) is 27.7 Å². The van der Waals surface area contributed by atoms with Crippen LogP contribution in [0.1, 0.15) is 28.8 Å². The summed E-state index contributed by atoms with van der Waals surface area (Å²) in [7, 11) is 6.22. The first-order chi connectivity index (χ1) is 12.0. The van der Waals surface area contributed by atoms with Crippen molar-refractivity contribution in [2.45, 2.75) is 33.5 Å². The number of aryl methyl sites for hydroxylation is 1. The zero-order chi connectivity index (χ0) is 18.2. The number of hydrogen-bond acceptors (Lipinski definition) is 4. The van der Waals surface area contributed by atoms with Crippen molar-refractivity contribution in [3.05, 3.63) is 51.5 Å². The summed E-state index contributed by atoms with van der Waals surface area (Å²) < 4.78 is 0. The zero-order valence-corrected chi connectivity index (χ0v) is 19.5. The van der Waals surface area contributed by atoms with Crippen LogP contribution >= 0.6 is 35.3 Å². The number of nitrogens with one attached hydrogen (secondary N) is 1. The third-order valence-corrected chi connectivity index (χ3v) is 4.52. The van der Waals surface area contributed by atoms with Gasteiger partial charge in [0.25, 0.3) is 0 Å². The van der Waals surface area contributed by atoms with Crippen LogP contribution in [0.3, 0.4) is 0 Å². The van der Waals surface area contributed by atoms with Gasteiger partial charge >= 0.3 is 0 Å². The summed E-state index contributed by atoms with van der Waals surface area (Å²) in [5, 5.41) is 6.57. The lowest BCUT2D eigenvalue weighted by Crippen LogP contribution is -2.38. The molecule has 0 radical (unpaired) electrons. The van der Waals surface area contributed by atoms with Gasteiger partial charge in [-0.2, -0.15) is 0 Å². The van der Waals surface area contributed by atoms with E-state index in [4.69, 9.17) is 4.99 Å². The van der Waals surface area contributed by atoms with Crippen molar-refractivity contribution in [2.24, 2.45) is 4.99 Å². The van der Waals surface area contributed by atoms with Gasteiger partial charge in [0, 0.05) is 25.5 Å². The Labute approximate surface area is 178 Å². The average molecular weight is 487 g/mol. The summed E-state index contributed by atoms with van der Waals surface area (Å²) in [6, 6.07) is 8.68. The molecule has 1 aromatic heterocycles. The van der Waals surface area contributed by atoms with Gasteiger partial charge in [0.2, 0.25) is 0 Å². The van der Waals surface area contributed by atoms with Gasteiger partial charge in [-0.25, -0.2) is 9.98 Å². The van der Waals surface area contributed by atoms with E-state index in [1.54, 1.807) is 11.3 Å². The maximum absolute atomic E-state index is 4.77. The Morgan fingerprint density at radius 3 is 2.31 bits per heavy atom. The van der Waals surface area contributed by atoms with E-state index >= 15 is 0 Å². The summed E-state index contributed by atoms with van der Waals surface area (Å²) in [5.74, 6) is 0.908. The molecule has 144 valence electrons. The van der Waals surface area contributed by atoms with Gasteiger partial charge in [-0.3, -0.25) is 0 Å². The average Bonchev–Trinajstić information content (AvgIpc) is 2.97. The SMILES string of the molecule is CCNC(=NCc1ccc(CN(C)C)cc1)N(C)Cc1csc(C)n1.I. The predicted molar refractivity (Wildman–Crippen MR) is 122 cm³/mol. The maximum Gasteiger partial charge on any atom is 0.194 e. The number of aliphatic imine (C=N–C) groups is 1. The van der Waals surface area contributed by atoms with Crippen molar-refractivity contribution in [1.82, 2.24) is 20.1 Å². The minimum Gasteiger partial charge on any atom is -0.357 e. The van der Waals surface area contributed by atoms with Gasteiger partial charge < -0.3 is 15.1 Å². The van der Waals surface area contributed by atoms with Crippen molar-refractivity contribution in [3.8, 4) is 0 Å². The summed E-state index contributed by atoms with van der Waals surface area (Å²) in [6.45, 7) is 7.37. The molecule has 2 rings (SSSR count). The summed E-state index contributed by atoms with van der Waals surface area (Å²) in [4.78, 5) is 13.6. The lowest BCUT2D eigenvalue weighted by Gasteiger charge is -2.21. The highest BCUT2D eigenvalue weighted by molar-refractivity contribution is 14.0. The fraction of sp³-hybridized carbons (Fsp3) is 0.474. The lowest BCUT2D eigenvalue weighted by atomic mass is 10.1. The Bertz CT molecular complexity index is 681. The molecule has 0 atom stereocenters. The third kappa shape index (κ3) is 7.59. The minimum atomic E-state index is 0. The van der Waals surface area contributed by atoms with Crippen LogP contribution in [0.5, 0.6) is 0 Å². The number of halogens is 1. The Morgan fingerprint density at radius 1 is 1.12 bits per heavy atom. The number of benzene rings is 1. The molecule has 0 aliphatic rings. The van der Waals surface area contributed by atoms with E-state index in [-0.39, 0.29) is 24.0 Å². The second-order valence-corrected chi connectivity index (χ2v) is 7.50. The van der Waals surface area contributed by atoms with Crippen LogP contribution in [0.2, 0.25) is 0 Å². The Balaban J connectivity index is 0.00000338. The van der Waals surface area contributed by atoms with E-state index in [2.05, 4.69) is 77.8 Å². The molecule has 5 nitrogen and oxygen atoms in total. The second-order valence-electron chi connectivity index (χ2n) is 6.44. The van der Waals surface area contributed by atoms with Gasteiger partial charge in [0.05, 0.1) is 23.8 Å². The zero-order valence-electron chi connectivity index (χ0n) is 16.3. The van der Waals surface area contributed by atoms with Crippen molar-refractivity contribution in [1.29, 1.82) is 0 Å². The van der Waals surface area contributed by atoms with Crippen LogP contribution in [0.25, 0.3) is 0 Å².